The summed E-state index contributed by atoms with van der Waals surface area (Å²) in [4.78, 5) is 0. The van der Waals surface area contributed by atoms with Crippen LogP contribution in [0.5, 0.6) is 0 Å². The molecule has 1 atom stereocenters. The zero-order valence-corrected chi connectivity index (χ0v) is 13.1. The molecule has 1 heterocycles. The van der Waals surface area contributed by atoms with Crippen LogP contribution in [0.25, 0.3) is 0 Å². The Bertz CT molecular complexity index is 701. The van der Waals surface area contributed by atoms with Crippen molar-refractivity contribution in [1.29, 1.82) is 5.41 Å². The number of hydrogen-bond donors (Lipinski definition) is 4. The molecule has 0 amide bonds. The fourth-order valence-corrected chi connectivity index (χ4v) is 2.48. The lowest BCUT2D eigenvalue weighted by atomic mass is 10.3. The van der Waals surface area contributed by atoms with Gasteiger partial charge in [-0.2, -0.15) is 0 Å². The van der Waals surface area contributed by atoms with E-state index in [4.69, 9.17) is 22.1 Å². The Labute approximate surface area is 138 Å². The minimum absolute atomic E-state index is 0.0516. The zero-order valence-electron chi connectivity index (χ0n) is 11.5. The number of hydroxylamine groups is 1. The third kappa shape index (κ3) is 4.18. The molecule has 124 valence electrons. The second-order valence-corrected chi connectivity index (χ2v) is 5.74. The van der Waals surface area contributed by atoms with Crippen LogP contribution in [0.15, 0.2) is 27.9 Å². The number of anilines is 1. The lowest BCUT2D eigenvalue weighted by Crippen LogP contribution is -2.28. The number of hydrogen-bond acceptors (Lipinski definition) is 8. The van der Waals surface area contributed by atoms with Crippen molar-refractivity contribution in [3.05, 3.63) is 34.7 Å². The molecule has 0 aliphatic carbocycles. The quantitative estimate of drug-likeness (QED) is 0.264. The van der Waals surface area contributed by atoms with Gasteiger partial charge in [-0.05, 0) is 28.5 Å². The van der Waals surface area contributed by atoms with Crippen LogP contribution in [-0.4, -0.2) is 50.0 Å². The third-order valence-electron chi connectivity index (χ3n) is 2.67. The summed E-state index contributed by atoms with van der Waals surface area (Å²) in [6.45, 7) is -0.425. The molecule has 4 N–H and O–H groups in total. The van der Waals surface area contributed by atoms with E-state index in [1.165, 1.54) is 6.07 Å². The van der Waals surface area contributed by atoms with Gasteiger partial charge in [0.1, 0.15) is 5.82 Å². The maximum atomic E-state index is 13.1. The Kier molecular flexibility index (Phi) is 5.91. The van der Waals surface area contributed by atoms with E-state index >= 15 is 0 Å². The van der Waals surface area contributed by atoms with Crippen LogP contribution in [0, 0.1) is 11.2 Å². The first-order valence-corrected chi connectivity index (χ1v) is 7.57. The van der Waals surface area contributed by atoms with E-state index in [1.54, 1.807) is 0 Å². The lowest BCUT2D eigenvalue weighted by Gasteiger charge is -2.16. The van der Waals surface area contributed by atoms with Crippen LogP contribution in [0.4, 0.5) is 10.1 Å². The van der Waals surface area contributed by atoms with Crippen LogP contribution in [0.1, 0.15) is 5.69 Å². The highest BCUT2D eigenvalue weighted by Crippen LogP contribution is 2.25. The van der Waals surface area contributed by atoms with Crippen molar-refractivity contribution in [2.24, 2.45) is 0 Å². The van der Waals surface area contributed by atoms with Crippen LogP contribution < -0.4 is 5.06 Å². The molecule has 0 saturated heterocycles. The van der Waals surface area contributed by atoms with E-state index < -0.39 is 24.4 Å². The van der Waals surface area contributed by atoms with Crippen molar-refractivity contribution in [1.82, 2.24) is 10.3 Å². The summed E-state index contributed by atoms with van der Waals surface area (Å²) >= 11 is 6.62. The third-order valence-corrected chi connectivity index (χ3v) is 4.05. The van der Waals surface area contributed by atoms with Crippen LogP contribution in [0.2, 0.25) is 5.02 Å². The van der Waals surface area contributed by atoms with Gasteiger partial charge in [0.05, 0.1) is 23.4 Å². The normalized spacial score (nSPS) is 12.2. The molecule has 0 bridgehead atoms. The van der Waals surface area contributed by atoms with E-state index in [-0.39, 0.29) is 27.2 Å². The second-order valence-electron chi connectivity index (χ2n) is 4.32. The summed E-state index contributed by atoms with van der Waals surface area (Å²) < 4.78 is 17.7. The molecule has 0 fully saturated rings. The minimum atomic E-state index is -0.972. The molecule has 1 aromatic heterocycles. The number of aliphatic hydroxyl groups excluding tert-OH is 2. The van der Waals surface area contributed by atoms with E-state index in [0.717, 1.165) is 23.9 Å². The molecule has 1 aromatic carbocycles. The molecule has 2 aromatic rings. The lowest BCUT2D eigenvalue weighted by molar-refractivity contribution is 0.113. The molecule has 0 spiro atoms. The van der Waals surface area contributed by atoms with Gasteiger partial charge in [-0.1, -0.05) is 23.4 Å². The van der Waals surface area contributed by atoms with Crippen molar-refractivity contribution >= 4 is 34.9 Å². The molecule has 0 aliphatic rings. The van der Waals surface area contributed by atoms with Gasteiger partial charge in [0, 0.05) is 5.75 Å². The second kappa shape index (κ2) is 7.70. The number of aliphatic hydroxyl groups is 2. The van der Waals surface area contributed by atoms with Crippen LogP contribution >= 0.6 is 23.4 Å². The number of benzene rings is 1. The number of nitrogens with one attached hydrogen (secondary N) is 1. The maximum absolute atomic E-state index is 13.1. The number of aromatic nitrogens is 2. The van der Waals surface area contributed by atoms with Crippen molar-refractivity contribution in [3.8, 4) is 0 Å². The first kappa shape index (κ1) is 17.6. The predicted octanol–water partition coefficient (Wildman–Crippen LogP) is 1.53. The van der Waals surface area contributed by atoms with Gasteiger partial charge in [-0.15, -0.1) is 0 Å². The van der Waals surface area contributed by atoms with Crippen molar-refractivity contribution < 1.29 is 24.4 Å². The summed E-state index contributed by atoms with van der Waals surface area (Å²) in [6, 6.07) is 3.41. The molecule has 0 unspecified atom stereocenters. The van der Waals surface area contributed by atoms with Gasteiger partial charge < -0.3 is 10.2 Å². The Morgan fingerprint density at radius 1 is 1.48 bits per heavy atom. The molecule has 23 heavy (non-hydrogen) atoms. The summed E-state index contributed by atoms with van der Waals surface area (Å²) in [5.41, 5.74) is -0.0289. The van der Waals surface area contributed by atoms with Crippen molar-refractivity contribution in [2.75, 3.05) is 17.4 Å². The standard InChI is InChI=1S/C12H12ClFN4O4S/c13-8-3-6(1-2-9(8)14)18(21)11(15)10-12(17-22-16-10)23-5-7(20)4-19/h1-3,7,15,19-21H,4-5H2/t7-/m0/s1. The first-order chi connectivity index (χ1) is 10.9. The molecular weight excluding hydrogens is 351 g/mol. The number of rotatable bonds is 6. The van der Waals surface area contributed by atoms with Crippen molar-refractivity contribution in [2.45, 2.75) is 11.1 Å². The Morgan fingerprint density at radius 3 is 2.87 bits per heavy atom. The van der Waals surface area contributed by atoms with Gasteiger partial charge in [0.2, 0.25) is 0 Å². The average Bonchev–Trinajstić information content (AvgIpc) is 3.02. The number of nitrogens with zero attached hydrogens (tertiary/aromatic N) is 3. The molecule has 0 saturated carbocycles. The van der Waals surface area contributed by atoms with E-state index in [2.05, 4.69) is 14.9 Å². The largest absolute Gasteiger partial charge is 0.394 e. The monoisotopic (exact) mass is 362 g/mol. The number of halogens is 2. The topological polar surface area (TPSA) is 127 Å². The van der Waals surface area contributed by atoms with Crippen molar-refractivity contribution in [3.63, 3.8) is 0 Å². The molecule has 2 rings (SSSR count). The highest BCUT2D eigenvalue weighted by Gasteiger charge is 2.22. The molecule has 11 heteroatoms. The van der Waals surface area contributed by atoms with E-state index in [9.17, 15) is 14.7 Å². The van der Waals surface area contributed by atoms with Gasteiger partial charge in [-0.25, -0.2) is 14.1 Å². The number of amidine groups is 1. The van der Waals surface area contributed by atoms with Crippen LogP contribution in [-0.2, 0) is 0 Å². The van der Waals surface area contributed by atoms with Gasteiger partial charge in [0.25, 0.3) is 0 Å². The minimum Gasteiger partial charge on any atom is -0.394 e. The smallest absolute Gasteiger partial charge is 0.186 e. The highest BCUT2D eigenvalue weighted by molar-refractivity contribution is 7.99. The molecule has 0 aliphatic heterocycles. The van der Waals surface area contributed by atoms with Crippen LogP contribution in [0.3, 0.4) is 0 Å². The maximum Gasteiger partial charge on any atom is 0.186 e. The zero-order chi connectivity index (χ0) is 17.0. The Hall–Kier alpha value is -1.72. The summed E-state index contributed by atoms with van der Waals surface area (Å²) in [5.74, 6) is -1.04. The Morgan fingerprint density at radius 2 is 2.22 bits per heavy atom. The molecular formula is C12H12ClFN4O4S. The first-order valence-electron chi connectivity index (χ1n) is 6.21. The van der Waals surface area contributed by atoms with Gasteiger partial charge in [-0.3, -0.25) is 10.6 Å². The summed E-state index contributed by atoms with van der Waals surface area (Å²) in [7, 11) is 0. The van der Waals surface area contributed by atoms with E-state index in [0.29, 0.717) is 5.06 Å². The van der Waals surface area contributed by atoms with Gasteiger partial charge in [0.15, 0.2) is 16.6 Å². The molecule has 8 nitrogen and oxygen atoms in total. The Balaban J connectivity index is 2.16. The molecule has 0 radical (unpaired) electrons. The highest BCUT2D eigenvalue weighted by atomic mass is 35.5. The van der Waals surface area contributed by atoms with Gasteiger partial charge >= 0.3 is 0 Å². The van der Waals surface area contributed by atoms with E-state index in [1.807, 2.05) is 0 Å². The summed E-state index contributed by atoms with van der Waals surface area (Å²) in [5, 5.41) is 43.5. The fourth-order valence-electron chi connectivity index (χ4n) is 1.49. The predicted molar refractivity (Wildman–Crippen MR) is 80.6 cm³/mol. The number of thioether (sulfide) groups is 1. The SMILES string of the molecule is N=C(c1nonc1SC[C@@H](O)CO)N(O)c1ccc(F)c(Cl)c1. The summed E-state index contributed by atoms with van der Waals surface area (Å²) in [6.07, 6.45) is -0.972. The average molecular weight is 363 g/mol. The fraction of sp³-hybridized carbons (Fsp3) is 0.250.